The van der Waals surface area contributed by atoms with Gasteiger partial charge in [-0.3, -0.25) is 14.9 Å². The van der Waals surface area contributed by atoms with Crippen molar-refractivity contribution >= 4 is 29.3 Å². The molecule has 0 aromatic heterocycles. The van der Waals surface area contributed by atoms with Crippen LogP contribution in [-0.4, -0.2) is 23.4 Å². The van der Waals surface area contributed by atoms with E-state index in [1.165, 1.54) is 30.3 Å². The van der Waals surface area contributed by atoms with E-state index in [1.807, 2.05) is 6.07 Å². The van der Waals surface area contributed by atoms with E-state index in [0.29, 0.717) is 11.3 Å². The summed E-state index contributed by atoms with van der Waals surface area (Å²) in [6.07, 6.45) is 2.84. The molecule has 0 aliphatic rings. The van der Waals surface area contributed by atoms with Crippen LogP contribution in [0.1, 0.15) is 11.1 Å². The molecule has 2 aromatic carbocycles. The molecular formula is C19H15N3O5. The van der Waals surface area contributed by atoms with E-state index in [1.54, 1.807) is 24.3 Å². The van der Waals surface area contributed by atoms with Gasteiger partial charge >= 0.3 is 5.97 Å². The van der Waals surface area contributed by atoms with Crippen LogP contribution in [0.5, 0.6) is 0 Å². The Morgan fingerprint density at radius 2 is 1.81 bits per heavy atom. The minimum Gasteiger partial charge on any atom is -0.452 e. The number of rotatable bonds is 7. The number of esters is 1. The number of nitrogens with zero attached hydrogens (tertiary/aromatic N) is 2. The molecule has 1 N–H and O–H groups in total. The number of non-ortho nitro benzene ring substituents is 1. The zero-order valence-corrected chi connectivity index (χ0v) is 14.1. The van der Waals surface area contributed by atoms with E-state index in [2.05, 4.69) is 5.32 Å². The monoisotopic (exact) mass is 365 g/mol. The normalized spacial score (nSPS) is 10.2. The third-order valence-corrected chi connectivity index (χ3v) is 3.38. The molecule has 0 atom stereocenters. The number of carbonyl (C=O) groups excluding carboxylic acids is 2. The first-order chi connectivity index (χ1) is 13.0. The van der Waals surface area contributed by atoms with Gasteiger partial charge in [-0.05, 0) is 41.5 Å². The average molecular weight is 365 g/mol. The maximum absolute atomic E-state index is 11.8. The fourth-order valence-electron chi connectivity index (χ4n) is 2.05. The van der Waals surface area contributed by atoms with Crippen LogP contribution in [0.15, 0.2) is 54.6 Å². The molecule has 0 unspecified atom stereocenters. The Balaban J connectivity index is 1.79. The largest absolute Gasteiger partial charge is 0.452 e. The highest BCUT2D eigenvalue weighted by atomic mass is 16.6. The standard InChI is InChI=1S/C19H15N3O5/c20-12-11-15-1-6-16(7-2-15)21-18(23)13-27-19(24)10-5-14-3-8-17(9-4-14)22(25)26/h1-10H,11,13H2,(H,21,23)/b10-5+. The van der Waals surface area contributed by atoms with Gasteiger partial charge in [0.25, 0.3) is 11.6 Å². The molecule has 0 aliphatic heterocycles. The van der Waals surface area contributed by atoms with Gasteiger partial charge in [0.15, 0.2) is 6.61 Å². The lowest BCUT2D eigenvalue weighted by molar-refractivity contribution is -0.384. The summed E-state index contributed by atoms with van der Waals surface area (Å²) in [4.78, 5) is 33.5. The fraction of sp³-hybridized carbons (Fsp3) is 0.105. The van der Waals surface area contributed by atoms with Gasteiger partial charge in [-0.2, -0.15) is 5.26 Å². The molecular weight excluding hydrogens is 350 g/mol. The van der Waals surface area contributed by atoms with Crippen molar-refractivity contribution in [3.8, 4) is 6.07 Å². The topological polar surface area (TPSA) is 122 Å². The molecule has 8 heteroatoms. The first kappa shape index (κ1) is 19.3. The zero-order valence-electron chi connectivity index (χ0n) is 14.1. The molecule has 0 bridgehead atoms. The highest BCUT2D eigenvalue weighted by Gasteiger charge is 2.06. The third-order valence-electron chi connectivity index (χ3n) is 3.38. The maximum atomic E-state index is 11.8. The Morgan fingerprint density at radius 3 is 2.41 bits per heavy atom. The molecule has 2 rings (SSSR count). The lowest BCUT2D eigenvalue weighted by Gasteiger charge is -2.06. The molecule has 0 saturated heterocycles. The first-order valence-corrected chi connectivity index (χ1v) is 7.83. The average Bonchev–Trinajstić information content (AvgIpc) is 2.67. The summed E-state index contributed by atoms with van der Waals surface area (Å²) in [5.41, 5.74) is 1.89. The number of anilines is 1. The molecule has 136 valence electrons. The van der Waals surface area contributed by atoms with Crippen molar-refractivity contribution < 1.29 is 19.2 Å². The number of nitro benzene ring substituents is 1. The maximum Gasteiger partial charge on any atom is 0.331 e. The van der Waals surface area contributed by atoms with E-state index in [9.17, 15) is 19.7 Å². The minimum absolute atomic E-state index is 0.0490. The van der Waals surface area contributed by atoms with Crippen LogP contribution in [-0.2, 0) is 20.7 Å². The van der Waals surface area contributed by atoms with E-state index in [-0.39, 0.29) is 12.1 Å². The van der Waals surface area contributed by atoms with Crippen LogP contribution in [0.4, 0.5) is 11.4 Å². The van der Waals surface area contributed by atoms with Gasteiger partial charge in [0, 0.05) is 23.9 Å². The van der Waals surface area contributed by atoms with Crippen LogP contribution in [0.2, 0.25) is 0 Å². The van der Waals surface area contributed by atoms with Gasteiger partial charge in [0.05, 0.1) is 17.4 Å². The molecule has 1 amide bonds. The highest BCUT2D eigenvalue weighted by molar-refractivity contribution is 5.94. The van der Waals surface area contributed by atoms with Crippen LogP contribution in [0.25, 0.3) is 6.08 Å². The van der Waals surface area contributed by atoms with Crippen LogP contribution < -0.4 is 5.32 Å². The minimum atomic E-state index is -0.715. The number of nitro groups is 1. The summed E-state index contributed by atoms with van der Waals surface area (Å²) in [6.45, 7) is -0.455. The smallest absolute Gasteiger partial charge is 0.331 e. The molecule has 0 heterocycles. The van der Waals surface area contributed by atoms with Crippen LogP contribution >= 0.6 is 0 Å². The second kappa shape index (κ2) is 9.48. The van der Waals surface area contributed by atoms with Gasteiger partial charge < -0.3 is 10.1 Å². The fourth-order valence-corrected chi connectivity index (χ4v) is 2.05. The number of amides is 1. The molecule has 0 fully saturated rings. The van der Waals surface area contributed by atoms with Crippen molar-refractivity contribution in [3.63, 3.8) is 0 Å². The third kappa shape index (κ3) is 6.43. The molecule has 8 nitrogen and oxygen atoms in total. The summed E-state index contributed by atoms with van der Waals surface area (Å²) in [5, 5.41) is 21.7. The SMILES string of the molecule is N#CCc1ccc(NC(=O)COC(=O)/C=C/c2ccc([N+](=O)[O-])cc2)cc1. The molecule has 2 aromatic rings. The van der Waals surface area contributed by atoms with Crippen molar-refractivity contribution in [2.75, 3.05) is 11.9 Å². The first-order valence-electron chi connectivity index (χ1n) is 7.83. The van der Waals surface area contributed by atoms with Crippen molar-refractivity contribution in [1.29, 1.82) is 5.26 Å². The molecule has 0 saturated carbocycles. The number of hydrogen-bond donors (Lipinski definition) is 1. The van der Waals surface area contributed by atoms with Crippen molar-refractivity contribution in [3.05, 3.63) is 75.8 Å². The number of nitrogens with one attached hydrogen (secondary N) is 1. The number of nitriles is 1. The summed E-state index contributed by atoms with van der Waals surface area (Å²) in [5.74, 6) is -1.21. The van der Waals surface area contributed by atoms with Gasteiger partial charge in [-0.25, -0.2) is 4.79 Å². The molecule has 0 spiro atoms. The Kier molecular flexibility index (Phi) is 6.79. The van der Waals surface area contributed by atoms with Crippen molar-refractivity contribution in [2.24, 2.45) is 0 Å². The van der Waals surface area contributed by atoms with Gasteiger partial charge in [-0.1, -0.05) is 12.1 Å². The molecule has 0 aliphatic carbocycles. The van der Waals surface area contributed by atoms with E-state index < -0.39 is 23.4 Å². The Bertz CT molecular complexity index is 896. The van der Waals surface area contributed by atoms with E-state index in [0.717, 1.165) is 11.6 Å². The van der Waals surface area contributed by atoms with Crippen molar-refractivity contribution in [1.82, 2.24) is 0 Å². The van der Waals surface area contributed by atoms with Gasteiger partial charge in [0.1, 0.15) is 0 Å². The van der Waals surface area contributed by atoms with E-state index in [4.69, 9.17) is 10.00 Å². The second-order valence-electron chi connectivity index (χ2n) is 5.37. The number of hydrogen-bond acceptors (Lipinski definition) is 6. The summed E-state index contributed by atoms with van der Waals surface area (Å²) in [6, 6.07) is 14.4. The molecule has 0 radical (unpaired) electrons. The van der Waals surface area contributed by atoms with Gasteiger partial charge in [-0.15, -0.1) is 0 Å². The lowest BCUT2D eigenvalue weighted by atomic mass is 10.1. The second-order valence-corrected chi connectivity index (χ2v) is 5.37. The Labute approximate surface area is 154 Å². The summed E-state index contributed by atoms with van der Waals surface area (Å²) in [7, 11) is 0. The number of benzene rings is 2. The Morgan fingerprint density at radius 1 is 1.15 bits per heavy atom. The quantitative estimate of drug-likeness (QED) is 0.348. The van der Waals surface area contributed by atoms with Gasteiger partial charge in [0.2, 0.25) is 0 Å². The van der Waals surface area contributed by atoms with E-state index >= 15 is 0 Å². The predicted molar refractivity (Wildman–Crippen MR) is 97.5 cm³/mol. The molecule has 27 heavy (non-hydrogen) atoms. The summed E-state index contributed by atoms with van der Waals surface area (Å²) >= 11 is 0. The lowest BCUT2D eigenvalue weighted by Crippen LogP contribution is -2.20. The highest BCUT2D eigenvalue weighted by Crippen LogP contribution is 2.13. The van der Waals surface area contributed by atoms with Crippen LogP contribution in [0, 0.1) is 21.4 Å². The van der Waals surface area contributed by atoms with Crippen molar-refractivity contribution in [2.45, 2.75) is 6.42 Å². The number of carbonyl (C=O) groups is 2. The summed E-state index contributed by atoms with van der Waals surface area (Å²) < 4.78 is 4.83. The predicted octanol–water partition coefficient (Wildman–Crippen LogP) is 2.86. The Hall–Kier alpha value is -3.99. The van der Waals surface area contributed by atoms with Crippen LogP contribution in [0.3, 0.4) is 0 Å². The number of ether oxygens (including phenoxy) is 1. The zero-order chi connectivity index (χ0) is 19.6.